The number of carbonyl (C=O) groups excluding carboxylic acids is 5. The molecule has 3 saturated carbocycles. The molecule has 298 valence electrons. The lowest BCUT2D eigenvalue weighted by Gasteiger charge is -2.42. The Labute approximate surface area is 317 Å². The standard InChI is InChI=1S/C40H65N5O7S/c1-9-22-41-35(48)32(46)30(23-28-16-17-28)42-34(47)31-27(5)29(26(3)4)24-45(31)36(49)33(39(8)18-14-15-19-39)43-37(50)44-40(20-12-11-13-21-40)25-53(51,52)38(6,7)10-2/h9,26,28-31,33H,1,5,10-25H2,2-4,6-8H3,(H,41,48)(H,42,47)(H2,43,44,50)/t29-,30?,31+,33-/m1/s1. The highest BCUT2D eigenvalue weighted by Crippen LogP contribution is 2.43. The van der Waals surface area contributed by atoms with Crippen molar-refractivity contribution in [2.75, 3.05) is 18.8 Å². The Balaban J connectivity index is 1.63. The molecular formula is C40H65N5O7S. The minimum atomic E-state index is -3.59. The summed E-state index contributed by atoms with van der Waals surface area (Å²) < 4.78 is 26.4. The van der Waals surface area contributed by atoms with Crippen LogP contribution in [0.3, 0.4) is 0 Å². The quantitative estimate of drug-likeness (QED) is 0.123. The van der Waals surface area contributed by atoms with Crippen LogP contribution in [-0.4, -0.2) is 90.1 Å². The first-order chi connectivity index (χ1) is 24.8. The Morgan fingerprint density at radius 2 is 1.58 bits per heavy atom. The monoisotopic (exact) mass is 759 g/mol. The van der Waals surface area contributed by atoms with Crippen molar-refractivity contribution < 1.29 is 32.4 Å². The van der Waals surface area contributed by atoms with Crippen LogP contribution in [-0.2, 0) is 29.0 Å². The van der Waals surface area contributed by atoms with Crippen LogP contribution >= 0.6 is 0 Å². The molecule has 0 radical (unpaired) electrons. The molecule has 1 saturated heterocycles. The molecule has 1 unspecified atom stereocenters. The first-order valence-electron chi connectivity index (χ1n) is 19.8. The van der Waals surface area contributed by atoms with Crippen molar-refractivity contribution in [1.82, 2.24) is 26.2 Å². The average Bonchev–Trinajstić information content (AvgIpc) is 3.69. The van der Waals surface area contributed by atoms with Gasteiger partial charge >= 0.3 is 6.03 Å². The van der Waals surface area contributed by atoms with Crippen molar-refractivity contribution in [1.29, 1.82) is 0 Å². The summed E-state index contributed by atoms with van der Waals surface area (Å²) in [5.74, 6) is -2.68. The minimum Gasteiger partial charge on any atom is -0.346 e. The number of sulfone groups is 1. The highest BCUT2D eigenvalue weighted by Gasteiger charge is 2.51. The molecule has 12 nitrogen and oxygen atoms in total. The van der Waals surface area contributed by atoms with E-state index in [0.717, 1.165) is 44.9 Å². The summed E-state index contributed by atoms with van der Waals surface area (Å²) in [5.41, 5.74) is -1.04. The van der Waals surface area contributed by atoms with Crippen LogP contribution < -0.4 is 21.3 Å². The second kappa shape index (κ2) is 17.1. The molecule has 0 aromatic heterocycles. The molecule has 4 fully saturated rings. The van der Waals surface area contributed by atoms with E-state index in [4.69, 9.17) is 0 Å². The zero-order valence-electron chi connectivity index (χ0n) is 33.0. The van der Waals surface area contributed by atoms with E-state index in [9.17, 15) is 32.4 Å². The molecule has 0 aromatic carbocycles. The zero-order chi connectivity index (χ0) is 39.4. The number of rotatable bonds is 17. The van der Waals surface area contributed by atoms with Gasteiger partial charge in [0, 0.05) is 19.0 Å². The lowest BCUT2D eigenvalue weighted by Crippen LogP contribution is -2.64. The van der Waals surface area contributed by atoms with Gasteiger partial charge < -0.3 is 26.2 Å². The summed E-state index contributed by atoms with van der Waals surface area (Å²) >= 11 is 0. The van der Waals surface area contributed by atoms with Crippen LogP contribution in [0.2, 0.25) is 0 Å². The number of hydrogen-bond acceptors (Lipinski definition) is 7. The second-order valence-corrected chi connectivity index (χ2v) is 20.2. The lowest BCUT2D eigenvalue weighted by molar-refractivity contribution is -0.143. The molecule has 0 aromatic rings. The van der Waals surface area contributed by atoms with Crippen LogP contribution in [0.25, 0.3) is 0 Å². The van der Waals surface area contributed by atoms with Crippen molar-refractivity contribution in [3.63, 3.8) is 0 Å². The number of likely N-dealkylation sites (tertiary alicyclic amines) is 1. The molecule has 4 aliphatic rings. The molecule has 4 N–H and O–H groups in total. The molecule has 1 aliphatic heterocycles. The highest BCUT2D eigenvalue weighted by molar-refractivity contribution is 7.92. The number of ketones is 1. The van der Waals surface area contributed by atoms with Gasteiger partial charge in [0.15, 0.2) is 9.84 Å². The van der Waals surface area contributed by atoms with E-state index >= 15 is 0 Å². The van der Waals surface area contributed by atoms with Gasteiger partial charge in [-0.15, -0.1) is 6.58 Å². The SMILES string of the molecule is C=CCNC(=O)C(=O)C(CC1CC1)NC(=O)[C@@H]1C(=C)[C@@H](C(C)C)CN1C(=O)[C@@H](NC(=O)NC1(CS(=O)(=O)C(C)(C)CC)CCCCC1)C1(C)CCCC1. The third kappa shape index (κ3) is 9.91. The summed E-state index contributed by atoms with van der Waals surface area (Å²) in [6.07, 6.45) is 10.7. The van der Waals surface area contributed by atoms with Gasteiger partial charge in [0.25, 0.3) is 5.91 Å². The van der Waals surface area contributed by atoms with E-state index in [1.165, 1.54) is 11.0 Å². The van der Waals surface area contributed by atoms with Crippen molar-refractivity contribution in [3.8, 4) is 0 Å². The number of amides is 5. The third-order valence-corrected chi connectivity index (χ3v) is 15.6. The molecule has 53 heavy (non-hydrogen) atoms. The van der Waals surface area contributed by atoms with E-state index in [1.54, 1.807) is 13.8 Å². The molecule has 5 amide bonds. The van der Waals surface area contributed by atoms with E-state index in [2.05, 4.69) is 34.4 Å². The first-order valence-corrected chi connectivity index (χ1v) is 21.5. The van der Waals surface area contributed by atoms with Crippen molar-refractivity contribution in [2.24, 2.45) is 23.2 Å². The number of nitrogens with one attached hydrogen (secondary N) is 4. The van der Waals surface area contributed by atoms with Gasteiger partial charge in [0.1, 0.15) is 12.1 Å². The van der Waals surface area contributed by atoms with Gasteiger partial charge in [0.05, 0.1) is 22.1 Å². The summed E-state index contributed by atoms with van der Waals surface area (Å²) in [5, 5.41) is 11.4. The normalized spacial score (nSPS) is 23.9. The fraction of sp³-hybridized carbons (Fsp3) is 0.775. The molecule has 1 heterocycles. The Morgan fingerprint density at radius 1 is 0.981 bits per heavy atom. The summed E-state index contributed by atoms with van der Waals surface area (Å²) in [6.45, 7) is 19.5. The maximum Gasteiger partial charge on any atom is 0.315 e. The fourth-order valence-corrected chi connectivity index (χ4v) is 10.4. The second-order valence-electron chi connectivity index (χ2n) is 17.5. The van der Waals surface area contributed by atoms with Crippen LogP contribution in [0.4, 0.5) is 4.79 Å². The molecule has 0 bridgehead atoms. The Kier molecular flexibility index (Phi) is 13.7. The zero-order valence-corrected chi connectivity index (χ0v) is 33.8. The predicted octanol–water partition coefficient (Wildman–Crippen LogP) is 4.74. The maximum atomic E-state index is 14.9. The third-order valence-electron chi connectivity index (χ3n) is 12.7. The Hall–Kier alpha value is -3.22. The lowest BCUT2D eigenvalue weighted by atomic mass is 9.79. The number of hydrogen-bond donors (Lipinski definition) is 4. The highest BCUT2D eigenvalue weighted by atomic mass is 32.2. The fourth-order valence-electron chi connectivity index (χ4n) is 8.48. The minimum absolute atomic E-state index is 0.0430. The summed E-state index contributed by atoms with van der Waals surface area (Å²) in [6, 6.07) is -3.76. The predicted molar refractivity (Wildman–Crippen MR) is 206 cm³/mol. The van der Waals surface area contributed by atoms with Crippen molar-refractivity contribution in [2.45, 2.75) is 153 Å². The average molecular weight is 760 g/mol. The van der Waals surface area contributed by atoms with E-state index < -0.39 is 73.2 Å². The number of nitrogens with zero attached hydrogens (tertiary/aromatic N) is 1. The molecule has 13 heteroatoms. The molecule has 0 spiro atoms. The van der Waals surface area contributed by atoms with Crippen LogP contribution in [0.1, 0.15) is 125 Å². The number of Topliss-reactive ketones (excluding diaryl/α,β-unsaturated/α-hetero) is 1. The van der Waals surface area contributed by atoms with E-state index in [-0.39, 0.29) is 36.6 Å². The topological polar surface area (TPSA) is 171 Å². The van der Waals surface area contributed by atoms with Gasteiger partial charge in [-0.2, -0.15) is 0 Å². The molecule has 3 aliphatic carbocycles. The van der Waals surface area contributed by atoms with Crippen LogP contribution in [0.5, 0.6) is 0 Å². The van der Waals surface area contributed by atoms with Crippen molar-refractivity contribution >= 4 is 39.4 Å². The van der Waals surface area contributed by atoms with Gasteiger partial charge in [-0.1, -0.05) is 85.3 Å². The van der Waals surface area contributed by atoms with Gasteiger partial charge in [0.2, 0.25) is 17.6 Å². The Bertz CT molecular complexity index is 1520. The first kappa shape index (κ1) is 42.5. The largest absolute Gasteiger partial charge is 0.346 e. The summed E-state index contributed by atoms with van der Waals surface area (Å²) in [7, 11) is -3.59. The van der Waals surface area contributed by atoms with E-state index in [0.29, 0.717) is 44.1 Å². The summed E-state index contributed by atoms with van der Waals surface area (Å²) in [4.78, 5) is 70.7. The maximum absolute atomic E-state index is 14.9. The van der Waals surface area contributed by atoms with Gasteiger partial charge in [-0.3, -0.25) is 19.2 Å². The number of urea groups is 1. The number of carbonyl (C=O) groups is 5. The van der Waals surface area contributed by atoms with Crippen LogP contribution in [0, 0.1) is 23.2 Å². The smallest absolute Gasteiger partial charge is 0.315 e. The van der Waals surface area contributed by atoms with Crippen molar-refractivity contribution in [3.05, 3.63) is 24.8 Å². The van der Waals surface area contributed by atoms with Crippen LogP contribution in [0.15, 0.2) is 24.8 Å². The Morgan fingerprint density at radius 3 is 2.13 bits per heavy atom. The molecule has 4 atom stereocenters. The molecular weight excluding hydrogens is 695 g/mol. The molecule has 4 rings (SSSR count). The van der Waals surface area contributed by atoms with Gasteiger partial charge in [-0.25, -0.2) is 13.2 Å². The van der Waals surface area contributed by atoms with Gasteiger partial charge in [-0.05, 0) is 75.2 Å². The van der Waals surface area contributed by atoms with E-state index in [1.807, 2.05) is 27.7 Å².